The maximum absolute atomic E-state index is 12.2. The topological polar surface area (TPSA) is 64.6 Å². The molecule has 2 aromatic carbocycles. The van der Waals surface area contributed by atoms with E-state index in [1.54, 1.807) is 27.7 Å². The van der Waals surface area contributed by atoms with E-state index in [4.69, 9.17) is 9.47 Å². The quantitative estimate of drug-likeness (QED) is 0.819. The molecule has 2 aromatic rings. The molecular weight excluding hydrogens is 318 g/mol. The summed E-state index contributed by atoms with van der Waals surface area (Å²) in [5, 5.41) is 4.83. The SMILES string of the molecule is CCOC(=O)C[C@H](NC(=O)OC(C)(C)C)c1cccc2ccccc12. The van der Waals surface area contributed by atoms with E-state index >= 15 is 0 Å². The van der Waals surface area contributed by atoms with E-state index in [0.29, 0.717) is 6.61 Å². The fourth-order valence-electron chi connectivity index (χ4n) is 2.63. The molecule has 0 aliphatic rings. The third-order valence-corrected chi connectivity index (χ3v) is 3.57. The molecular formula is C20H25NO4. The summed E-state index contributed by atoms with van der Waals surface area (Å²) >= 11 is 0. The summed E-state index contributed by atoms with van der Waals surface area (Å²) in [6.07, 6.45) is -0.518. The zero-order valence-corrected chi connectivity index (χ0v) is 15.2. The van der Waals surface area contributed by atoms with Gasteiger partial charge in [0.05, 0.1) is 19.1 Å². The molecule has 0 bridgehead atoms. The van der Waals surface area contributed by atoms with Gasteiger partial charge >= 0.3 is 12.1 Å². The molecule has 25 heavy (non-hydrogen) atoms. The Hall–Kier alpha value is -2.56. The van der Waals surface area contributed by atoms with Gasteiger partial charge in [-0.3, -0.25) is 4.79 Å². The van der Waals surface area contributed by atoms with Gasteiger partial charge in [0, 0.05) is 0 Å². The molecule has 0 saturated carbocycles. The summed E-state index contributed by atoms with van der Waals surface area (Å²) in [6.45, 7) is 7.44. The summed E-state index contributed by atoms with van der Waals surface area (Å²) in [7, 11) is 0. The lowest BCUT2D eigenvalue weighted by atomic mass is 9.97. The average Bonchev–Trinajstić information content (AvgIpc) is 2.52. The Bertz CT molecular complexity index is 743. The molecule has 0 unspecified atom stereocenters. The normalized spacial score (nSPS) is 12.5. The summed E-state index contributed by atoms with van der Waals surface area (Å²) in [4.78, 5) is 24.2. The fourth-order valence-corrected chi connectivity index (χ4v) is 2.63. The number of nitrogens with one attached hydrogen (secondary N) is 1. The Labute approximate surface area is 148 Å². The fraction of sp³-hybridized carbons (Fsp3) is 0.400. The second-order valence-electron chi connectivity index (χ2n) is 6.78. The number of fused-ring (bicyclic) bond motifs is 1. The average molecular weight is 343 g/mol. The highest BCUT2D eigenvalue weighted by atomic mass is 16.6. The molecule has 0 aromatic heterocycles. The third-order valence-electron chi connectivity index (χ3n) is 3.57. The first-order chi connectivity index (χ1) is 11.8. The highest BCUT2D eigenvalue weighted by Crippen LogP contribution is 2.27. The predicted octanol–water partition coefficient (Wildman–Crippen LogP) is 4.36. The van der Waals surface area contributed by atoms with Crippen molar-refractivity contribution >= 4 is 22.8 Å². The first-order valence-corrected chi connectivity index (χ1v) is 8.43. The van der Waals surface area contributed by atoms with Crippen molar-refractivity contribution in [2.24, 2.45) is 0 Å². The van der Waals surface area contributed by atoms with Crippen molar-refractivity contribution in [3.63, 3.8) is 0 Å². The van der Waals surface area contributed by atoms with Gasteiger partial charge in [0.25, 0.3) is 0 Å². The summed E-state index contributed by atoms with van der Waals surface area (Å²) in [5.41, 5.74) is 0.245. The minimum Gasteiger partial charge on any atom is -0.466 e. The highest BCUT2D eigenvalue weighted by molar-refractivity contribution is 5.87. The smallest absolute Gasteiger partial charge is 0.408 e. The number of hydrogen-bond donors (Lipinski definition) is 1. The van der Waals surface area contributed by atoms with Crippen LogP contribution in [0.2, 0.25) is 0 Å². The van der Waals surface area contributed by atoms with Crippen molar-refractivity contribution in [3.05, 3.63) is 48.0 Å². The third kappa shape index (κ3) is 5.48. The Morgan fingerprint density at radius 1 is 1.08 bits per heavy atom. The Balaban J connectivity index is 2.33. The molecule has 1 amide bonds. The van der Waals surface area contributed by atoms with E-state index in [2.05, 4.69) is 5.32 Å². The molecule has 134 valence electrons. The minimum atomic E-state index is -0.614. The van der Waals surface area contributed by atoms with Crippen molar-refractivity contribution in [2.75, 3.05) is 6.61 Å². The van der Waals surface area contributed by atoms with Gasteiger partial charge in [-0.2, -0.15) is 0 Å². The monoisotopic (exact) mass is 343 g/mol. The van der Waals surface area contributed by atoms with Crippen LogP contribution in [0.1, 0.15) is 45.7 Å². The molecule has 0 spiro atoms. The molecule has 1 N–H and O–H groups in total. The van der Waals surface area contributed by atoms with Crippen LogP contribution >= 0.6 is 0 Å². The lowest BCUT2D eigenvalue weighted by molar-refractivity contribution is -0.143. The number of hydrogen-bond acceptors (Lipinski definition) is 4. The van der Waals surface area contributed by atoms with E-state index in [1.165, 1.54) is 0 Å². The van der Waals surface area contributed by atoms with Gasteiger partial charge in [-0.05, 0) is 44.0 Å². The first-order valence-electron chi connectivity index (χ1n) is 8.43. The van der Waals surface area contributed by atoms with Gasteiger partial charge in [0.15, 0.2) is 0 Å². The molecule has 0 saturated heterocycles. The maximum atomic E-state index is 12.2. The van der Waals surface area contributed by atoms with E-state index in [1.807, 2.05) is 42.5 Å². The number of rotatable bonds is 5. The van der Waals surface area contributed by atoms with Crippen LogP contribution in [0.15, 0.2) is 42.5 Å². The van der Waals surface area contributed by atoms with E-state index in [9.17, 15) is 9.59 Å². The first kappa shape index (κ1) is 18.8. The largest absolute Gasteiger partial charge is 0.466 e. The summed E-state index contributed by atoms with van der Waals surface area (Å²) in [6, 6.07) is 13.1. The van der Waals surface area contributed by atoms with Gasteiger partial charge in [0.1, 0.15) is 5.60 Å². The molecule has 1 atom stereocenters. The lowest BCUT2D eigenvalue weighted by Crippen LogP contribution is -2.36. The number of ether oxygens (including phenoxy) is 2. The van der Waals surface area contributed by atoms with Crippen LogP contribution in [-0.2, 0) is 14.3 Å². The van der Waals surface area contributed by atoms with E-state index < -0.39 is 17.7 Å². The number of carbonyl (C=O) groups excluding carboxylic acids is 2. The van der Waals surface area contributed by atoms with Gasteiger partial charge in [0.2, 0.25) is 0 Å². The van der Waals surface area contributed by atoms with Crippen LogP contribution in [0, 0.1) is 0 Å². The second kappa shape index (κ2) is 8.01. The standard InChI is InChI=1S/C20H25NO4/c1-5-24-18(22)13-17(21-19(23)25-20(2,3)4)16-12-8-10-14-9-6-7-11-15(14)16/h6-12,17H,5,13H2,1-4H3,(H,21,23)/t17-/m0/s1. The van der Waals surface area contributed by atoms with Gasteiger partial charge in [-0.15, -0.1) is 0 Å². The lowest BCUT2D eigenvalue weighted by Gasteiger charge is -2.24. The van der Waals surface area contributed by atoms with Crippen LogP contribution in [0.4, 0.5) is 4.79 Å². The summed E-state index contributed by atoms with van der Waals surface area (Å²) < 4.78 is 10.4. The number of esters is 1. The molecule has 2 rings (SSSR count). The molecule has 5 heteroatoms. The van der Waals surface area contributed by atoms with Crippen molar-refractivity contribution < 1.29 is 19.1 Å². The molecule has 0 aliphatic heterocycles. The van der Waals surface area contributed by atoms with Gasteiger partial charge < -0.3 is 14.8 Å². The highest BCUT2D eigenvalue weighted by Gasteiger charge is 2.24. The van der Waals surface area contributed by atoms with Crippen LogP contribution in [-0.4, -0.2) is 24.3 Å². The zero-order chi connectivity index (χ0) is 18.4. The maximum Gasteiger partial charge on any atom is 0.408 e. The number of benzene rings is 2. The molecule has 0 heterocycles. The molecule has 0 radical (unpaired) electrons. The molecule has 0 fully saturated rings. The Morgan fingerprint density at radius 3 is 2.44 bits per heavy atom. The van der Waals surface area contributed by atoms with Crippen molar-refractivity contribution in [2.45, 2.75) is 45.8 Å². The van der Waals surface area contributed by atoms with Crippen molar-refractivity contribution in [1.82, 2.24) is 5.32 Å². The number of carbonyl (C=O) groups is 2. The minimum absolute atomic E-state index is 0.0427. The zero-order valence-electron chi connectivity index (χ0n) is 15.2. The van der Waals surface area contributed by atoms with Crippen molar-refractivity contribution in [1.29, 1.82) is 0 Å². The van der Waals surface area contributed by atoms with Gasteiger partial charge in [-0.1, -0.05) is 42.5 Å². The second-order valence-corrected chi connectivity index (χ2v) is 6.78. The summed E-state index contributed by atoms with van der Waals surface area (Å²) in [5.74, 6) is -0.364. The molecule has 0 aliphatic carbocycles. The van der Waals surface area contributed by atoms with E-state index in [-0.39, 0.29) is 12.4 Å². The van der Waals surface area contributed by atoms with Crippen LogP contribution < -0.4 is 5.32 Å². The van der Waals surface area contributed by atoms with Crippen LogP contribution in [0.3, 0.4) is 0 Å². The Morgan fingerprint density at radius 2 is 1.76 bits per heavy atom. The van der Waals surface area contributed by atoms with Crippen LogP contribution in [0.5, 0.6) is 0 Å². The predicted molar refractivity (Wildman–Crippen MR) is 97.3 cm³/mol. The molecule has 5 nitrogen and oxygen atoms in total. The van der Waals surface area contributed by atoms with E-state index in [0.717, 1.165) is 16.3 Å². The number of amides is 1. The van der Waals surface area contributed by atoms with Gasteiger partial charge in [-0.25, -0.2) is 4.79 Å². The van der Waals surface area contributed by atoms with Crippen molar-refractivity contribution in [3.8, 4) is 0 Å². The number of alkyl carbamates (subject to hydrolysis) is 1. The Kier molecular flexibility index (Phi) is 6.02. The van der Waals surface area contributed by atoms with Crippen LogP contribution in [0.25, 0.3) is 10.8 Å².